The van der Waals surface area contributed by atoms with E-state index in [2.05, 4.69) is 4.72 Å². The summed E-state index contributed by atoms with van der Waals surface area (Å²) in [6.07, 6.45) is 0.198. The van der Waals surface area contributed by atoms with Gasteiger partial charge in [0.1, 0.15) is 16.5 Å². The van der Waals surface area contributed by atoms with E-state index in [1.165, 1.54) is 0 Å². The number of carbonyl (C=O) groups is 1. The number of nitrogens with zero attached hydrogens (tertiary/aromatic N) is 1. The van der Waals surface area contributed by atoms with Crippen molar-refractivity contribution in [3.8, 4) is 0 Å². The number of nitrogens with one attached hydrogen (secondary N) is 1. The molecule has 132 valence electrons. The van der Waals surface area contributed by atoms with Gasteiger partial charge in [0.2, 0.25) is 15.9 Å². The first-order valence-electron chi connectivity index (χ1n) is 7.67. The number of halogens is 2. The van der Waals surface area contributed by atoms with Crippen molar-refractivity contribution in [3.63, 3.8) is 0 Å². The molecule has 25 heavy (non-hydrogen) atoms. The average Bonchev–Trinajstić information content (AvgIpc) is 2.94. The molecule has 1 amide bonds. The first kappa shape index (κ1) is 17.5. The van der Waals surface area contributed by atoms with E-state index in [0.29, 0.717) is 12.6 Å². The van der Waals surface area contributed by atoms with Crippen LogP contribution in [0.15, 0.2) is 53.4 Å². The topological polar surface area (TPSA) is 66.5 Å². The molecular formula is C17H16F2N2O3S. The summed E-state index contributed by atoms with van der Waals surface area (Å²) in [7, 11) is -4.12. The van der Waals surface area contributed by atoms with Crippen LogP contribution in [0.4, 0.5) is 14.5 Å². The fourth-order valence-electron chi connectivity index (χ4n) is 2.77. The van der Waals surface area contributed by atoms with Crippen molar-refractivity contribution in [1.82, 2.24) is 4.72 Å². The first-order valence-corrected chi connectivity index (χ1v) is 9.15. The summed E-state index contributed by atoms with van der Waals surface area (Å²) in [5.74, 6) is -2.33. The fourth-order valence-corrected chi connectivity index (χ4v) is 3.95. The second-order valence-electron chi connectivity index (χ2n) is 5.84. The largest absolute Gasteiger partial charge is 0.312 e. The zero-order valence-corrected chi connectivity index (χ0v) is 14.0. The lowest BCUT2D eigenvalue weighted by atomic mass is 10.1. The maximum atomic E-state index is 13.7. The Kier molecular flexibility index (Phi) is 4.82. The van der Waals surface area contributed by atoms with Crippen LogP contribution >= 0.6 is 0 Å². The smallest absolute Gasteiger partial charge is 0.243 e. The third-order valence-electron chi connectivity index (χ3n) is 4.02. The summed E-state index contributed by atoms with van der Waals surface area (Å²) < 4.78 is 53.3. The van der Waals surface area contributed by atoms with Gasteiger partial charge in [-0.05, 0) is 30.2 Å². The maximum absolute atomic E-state index is 13.7. The molecule has 1 aliphatic rings. The highest BCUT2D eigenvalue weighted by molar-refractivity contribution is 7.89. The molecule has 0 bridgehead atoms. The first-order chi connectivity index (χ1) is 11.9. The molecule has 0 spiro atoms. The van der Waals surface area contributed by atoms with Crippen LogP contribution in [0, 0.1) is 17.6 Å². The molecule has 1 heterocycles. The molecule has 0 aliphatic carbocycles. The minimum absolute atomic E-state index is 0.00573. The molecule has 0 radical (unpaired) electrons. The zero-order valence-electron chi connectivity index (χ0n) is 13.2. The monoisotopic (exact) mass is 366 g/mol. The lowest BCUT2D eigenvalue weighted by Gasteiger charge is -2.17. The molecule has 2 aromatic carbocycles. The highest BCUT2D eigenvalue weighted by atomic mass is 32.2. The van der Waals surface area contributed by atoms with E-state index in [-0.39, 0.29) is 24.8 Å². The SMILES string of the molecule is O=C1CC(CNS(=O)(=O)c2ccc(F)cc2F)CN1c1ccccc1. The Morgan fingerprint density at radius 2 is 1.84 bits per heavy atom. The fraction of sp³-hybridized carbons (Fsp3) is 0.235. The van der Waals surface area contributed by atoms with Crippen LogP contribution < -0.4 is 9.62 Å². The molecule has 1 fully saturated rings. The summed E-state index contributed by atoms with van der Waals surface area (Å²) in [4.78, 5) is 13.1. The van der Waals surface area contributed by atoms with Crippen LogP contribution in [0.25, 0.3) is 0 Å². The van der Waals surface area contributed by atoms with Gasteiger partial charge in [-0.25, -0.2) is 21.9 Å². The van der Waals surface area contributed by atoms with Gasteiger partial charge < -0.3 is 4.90 Å². The summed E-state index contributed by atoms with van der Waals surface area (Å²) in [5.41, 5.74) is 0.752. The minimum Gasteiger partial charge on any atom is -0.312 e. The second-order valence-corrected chi connectivity index (χ2v) is 7.57. The summed E-state index contributed by atoms with van der Waals surface area (Å²) >= 11 is 0. The van der Waals surface area contributed by atoms with Gasteiger partial charge in [0.15, 0.2) is 0 Å². The third-order valence-corrected chi connectivity index (χ3v) is 5.48. The number of rotatable bonds is 5. The maximum Gasteiger partial charge on any atom is 0.243 e. The molecule has 1 unspecified atom stereocenters. The van der Waals surface area contributed by atoms with Gasteiger partial charge in [0, 0.05) is 31.3 Å². The molecule has 1 N–H and O–H groups in total. The number of amides is 1. The molecule has 8 heteroatoms. The summed E-state index contributed by atoms with van der Waals surface area (Å²) in [6, 6.07) is 11.4. The van der Waals surface area contributed by atoms with Crippen molar-refractivity contribution in [3.05, 3.63) is 60.2 Å². The predicted molar refractivity (Wildman–Crippen MR) is 88.4 cm³/mol. The van der Waals surface area contributed by atoms with Crippen LogP contribution in [0.3, 0.4) is 0 Å². The highest BCUT2D eigenvalue weighted by Gasteiger charge is 2.31. The van der Waals surface area contributed by atoms with Crippen LogP contribution in [0.5, 0.6) is 0 Å². The van der Waals surface area contributed by atoms with E-state index in [9.17, 15) is 22.0 Å². The number of carbonyl (C=O) groups excluding carboxylic acids is 1. The Bertz CT molecular complexity index is 888. The van der Waals surface area contributed by atoms with E-state index in [1.807, 2.05) is 18.2 Å². The van der Waals surface area contributed by atoms with Crippen molar-refractivity contribution >= 4 is 21.6 Å². The quantitative estimate of drug-likeness (QED) is 0.883. The Morgan fingerprint density at radius 3 is 2.52 bits per heavy atom. The Balaban J connectivity index is 1.67. The van der Waals surface area contributed by atoms with Crippen molar-refractivity contribution in [2.45, 2.75) is 11.3 Å². The molecule has 5 nitrogen and oxygen atoms in total. The Hall–Kier alpha value is -2.32. The Morgan fingerprint density at radius 1 is 1.12 bits per heavy atom. The highest BCUT2D eigenvalue weighted by Crippen LogP contribution is 2.25. The normalized spacial score (nSPS) is 17.9. The van der Waals surface area contributed by atoms with Gasteiger partial charge in [-0.1, -0.05) is 18.2 Å². The summed E-state index contributed by atoms with van der Waals surface area (Å²) in [5, 5.41) is 0. The van der Waals surface area contributed by atoms with Crippen molar-refractivity contribution in [1.29, 1.82) is 0 Å². The third kappa shape index (κ3) is 3.85. The standard InChI is InChI=1S/C17H16F2N2O3S/c18-13-6-7-16(15(19)9-13)25(23,24)20-10-12-8-17(22)21(11-12)14-4-2-1-3-5-14/h1-7,9,12,20H,8,10-11H2. The van der Waals surface area contributed by atoms with Crippen LogP contribution in [-0.2, 0) is 14.8 Å². The van der Waals surface area contributed by atoms with E-state index in [0.717, 1.165) is 17.8 Å². The molecule has 0 aromatic heterocycles. The van der Waals surface area contributed by atoms with E-state index in [4.69, 9.17) is 0 Å². The van der Waals surface area contributed by atoms with E-state index >= 15 is 0 Å². The van der Waals surface area contributed by atoms with E-state index < -0.39 is 26.6 Å². The minimum atomic E-state index is -4.12. The second kappa shape index (κ2) is 6.89. The average molecular weight is 366 g/mol. The van der Waals surface area contributed by atoms with Crippen molar-refractivity contribution < 1.29 is 22.0 Å². The number of hydrogen-bond donors (Lipinski definition) is 1. The van der Waals surface area contributed by atoms with Gasteiger partial charge >= 0.3 is 0 Å². The van der Waals surface area contributed by atoms with Crippen LogP contribution in [0.1, 0.15) is 6.42 Å². The lowest BCUT2D eigenvalue weighted by Crippen LogP contribution is -2.31. The molecule has 1 aliphatic heterocycles. The number of para-hydroxylation sites is 1. The molecule has 0 saturated carbocycles. The predicted octanol–water partition coefficient (Wildman–Crippen LogP) is 2.30. The molecule has 3 rings (SSSR count). The molecule has 1 atom stereocenters. The Labute approximate surface area is 144 Å². The van der Waals surface area contributed by atoms with Gasteiger partial charge in [-0.3, -0.25) is 4.79 Å². The summed E-state index contributed by atoms with van der Waals surface area (Å²) in [6.45, 7) is 0.367. The molecule has 2 aromatic rings. The van der Waals surface area contributed by atoms with Crippen molar-refractivity contribution in [2.24, 2.45) is 5.92 Å². The van der Waals surface area contributed by atoms with Gasteiger partial charge in [0.05, 0.1) is 0 Å². The van der Waals surface area contributed by atoms with Crippen molar-refractivity contribution in [2.75, 3.05) is 18.0 Å². The van der Waals surface area contributed by atoms with Crippen LogP contribution in [-0.4, -0.2) is 27.4 Å². The lowest BCUT2D eigenvalue weighted by molar-refractivity contribution is -0.117. The van der Waals surface area contributed by atoms with Gasteiger partial charge in [-0.2, -0.15) is 0 Å². The zero-order chi connectivity index (χ0) is 18.0. The number of sulfonamides is 1. The molecular weight excluding hydrogens is 350 g/mol. The van der Waals surface area contributed by atoms with E-state index in [1.54, 1.807) is 17.0 Å². The van der Waals surface area contributed by atoms with Crippen LogP contribution in [0.2, 0.25) is 0 Å². The number of anilines is 1. The van der Waals surface area contributed by atoms with Gasteiger partial charge in [-0.15, -0.1) is 0 Å². The van der Waals surface area contributed by atoms with Gasteiger partial charge in [0.25, 0.3) is 0 Å². The number of hydrogen-bond acceptors (Lipinski definition) is 3. The molecule has 1 saturated heterocycles. The number of benzene rings is 2.